The molecule has 2 rings (SSSR count). The van der Waals surface area contributed by atoms with Crippen LogP contribution < -0.4 is 4.90 Å². The number of esters is 1. The summed E-state index contributed by atoms with van der Waals surface area (Å²) in [6, 6.07) is 1.91. The lowest BCUT2D eigenvalue weighted by atomic mass is 9.91. The van der Waals surface area contributed by atoms with Crippen LogP contribution in [0.5, 0.6) is 0 Å². The van der Waals surface area contributed by atoms with Gasteiger partial charge in [-0.1, -0.05) is 20.8 Å². The highest BCUT2D eigenvalue weighted by molar-refractivity contribution is 5.74. The maximum atomic E-state index is 11.4. The van der Waals surface area contributed by atoms with Crippen LogP contribution in [0.15, 0.2) is 12.3 Å². The van der Waals surface area contributed by atoms with Gasteiger partial charge in [-0.3, -0.25) is 0 Å². The van der Waals surface area contributed by atoms with E-state index in [-0.39, 0.29) is 11.3 Å². The predicted molar refractivity (Wildman–Crippen MR) is 83.7 cm³/mol. The van der Waals surface area contributed by atoms with Crippen LogP contribution >= 0.6 is 0 Å². The average molecular weight is 307 g/mol. The first-order chi connectivity index (χ1) is 10.3. The van der Waals surface area contributed by atoms with Gasteiger partial charge in [-0.15, -0.1) is 0 Å². The van der Waals surface area contributed by atoms with Crippen molar-refractivity contribution in [1.29, 1.82) is 0 Å². The molecule has 1 aliphatic heterocycles. The van der Waals surface area contributed by atoms with Crippen molar-refractivity contribution >= 4 is 11.8 Å². The summed E-state index contributed by atoms with van der Waals surface area (Å²) in [4.78, 5) is 22.6. The SMILES string of the molecule is COC(=O)C(O)C1CCN(c2ccnc(C(C)(C)C)n2)CC1. The largest absolute Gasteiger partial charge is 0.467 e. The number of aromatic nitrogens is 2. The molecule has 2 heterocycles. The second-order valence-electron chi connectivity index (χ2n) is 6.78. The number of ether oxygens (including phenoxy) is 1. The molecule has 0 aliphatic carbocycles. The molecule has 1 aliphatic rings. The number of hydrogen-bond acceptors (Lipinski definition) is 6. The summed E-state index contributed by atoms with van der Waals surface area (Å²) in [5, 5.41) is 9.93. The molecule has 22 heavy (non-hydrogen) atoms. The molecule has 1 aromatic rings. The van der Waals surface area contributed by atoms with Gasteiger partial charge in [0.1, 0.15) is 11.6 Å². The standard InChI is InChI=1S/C16H25N3O3/c1-16(2,3)15-17-8-5-12(18-15)19-9-6-11(7-10-19)13(20)14(21)22-4/h5,8,11,13,20H,6-7,9-10H2,1-4H3. The number of aliphatic hydroxyl groups excluding tert-OH is 1. The molecule has 1 aromatic heterocycles. The van der Waals surface area contributed by atoms with Crippen molar-refractivity contribution in [3.05, 3.63) is 18.1 Å². The Morgan fingerprint density at radius 1 is 1.41 bits per heavy atom. The Morgan fingerprint density at radius 2 is 2.05 bits per heavy atom. The Bertz CT molecular complexity index is 520. The van der Waals surface area contributed by atoms with Crippen LogP contribution in [0.3, 0.4) is 0 Å². The number of carbonyl (C=O) groups excluding carboxylic acids is 1. The molecule has 0 saturated carbocycles. The fraction of sp³-hybridized carbons (Fsp3) is 0.688. The summed E-state index contributed by atoms with van der Waals surface area (Å²) in [7, 11) is 1.30. The number of rotatable bonds is 3. The van der Waals surface area contributed by atoms with Crippen molar-refractivity contribution in [1.82, 2.24) is 9.97 Å². The predicted octanol–water partition coefficient (Wildman–Crippen LogP) is 1.52. The number of aliphatic hydroxyl groups is 1. The molecule has 0 radical (unpaired) electrons. The summed E-state index contributed by atoms with van der Waals surface area (Å²) >= 11 is 0. The molecular formula is C16H25N3O3. The van der Waals surface area contributed by atoms with Gasteiger partial charge >= 0.3 is 5.97 Å². The van der Waals surface area contributed by atoms with E-state index in [1.807, 2.05) is 6.07 Å². The fourth-order valence-electron chi connectivity index (χ4n) is 2.64. The van der Waals surface area contributed by atoms with Gasteiger partial charge < -0.3 is 14.7 Å². The van der Waals surface area contributed by atoms with E-state index >= 15 is 0 Å². The Labute approximate surface area is 131 Å². The Hall–Kier alpha value is -1.69. The van der Waals surface area contributed by atoms with E-state index < -0.39 is 12.1 Å². The van der Waals surface area contributed by atoms with Crippen LogP contribution in [0.2, 0.25) is 0 Å². The van der Waals surface area contributed by atoms with Gasteiger partial charge in [-0.25, -0.2) is 14.8 Å². The van der Waals surface area contributed by atoms with Crippen LogP contribution in [-0.4, -0.2) is 47.3 Å². The number of piperidine rings is 1. The maximum Gasteiger partial charge on any atom is 0.334 e. The summed E-state index contributed by atoms with van der Waals surface area (Å²) in [6.45, 7) is 7.79. The highest BCUT2D eigenvalue weighted by Crippen LogP contribution is 2.26. The minimum absolute atomic E-state index is 0.0485. The minimum atomic E-state index is -1.03. The van der Waals surface area contributed by atoms with Gasteiger partial charge in [0.05, 0.1) is 7.11 Å². The van der Waals surface area contributed by atoms with Crippen molar-refractivity contribution < 1.29 is 14.6 Å². The molecule has 6 heteroatoms. The second-order valence-corrected chi connectivity index (χ2v) is 6.78. The van der Waals surface area contributed by atoms with E-state index in [1.54, 1.807) is 6.20 Å². The quantitative estimate of drug-likeness (QED) is 0.853. The van der Waals surface area contributed by atoms with Crippen LogP contribution in [-0.2, 0) is 14.9 Å². The monoisotopic (exact) mass is 307 g/mol. The fourth-order valence-corrected chi connectivity index (χ4v) is 2.64. The maximum absolute atomic E-state index is 11.4. The first-order valence-electron chi connectivity index (χ1n) is 7.67. The van der Waals surface area contributed by atoms with Crippen molar-refractivity contribution in [3.8, 4) is 0 Å². The molecule has 6 nitrogen and oxygen atoms in total. The number of nitrogens with zero attached hydrogens (tertiary/aromatic N) is 3. The number of hydrogen-bond donors (Lipinski definition) is 1. The number of anilines is 1. The van der Waals surface area contributed by atoms with E-state index in [0.29, 0.717) is 0 Å². The van der Waals surface area contributed by atoms with E-state index in [2.05, 4.69) is 40.4 Å². The molecule has 1 N–H and O–H groups in total. The molecule has 0 spiro atoms. The molecule has 1 unspecified atom stereocenters. The van der Waals surface area contributed by atoms with Crippen LogP contribution in [0.25, 0.3) is 0 Å². The van der Waals surface area contributed by atoms with E-state index in [1.165, 1.54) is 7.11 Å². The van der Waals surface area contributed by atoms with Gasteiger partial charge in [0, 0.05) is 24.7 Å². The lowest BCUT2D eigenvalue weighted by Gasteiger charge is -2.34. The molecule has 122 valence electrons. The average Bonchev–Trinajstić information content (AvgIpc) is 2.53. The van der Waals surface area contributed by atoms with Crippen LogP contribution in [0.1, 0.15) is 39.4 Å². The summed E-state index contributed by atoms with van der Waals surface area (Å²) in [6.07, 6.45) is 2.25. The van der Waals surface area contributed by atoms with E-state index in [0.717, 1.165) is 37.6 Å². The highest BCUT2D eigenvalue weighted by Gasteiger charge is 2.31. The Kier molecular flexibility index (Phi) is 5.01. The molecule has 0 amide bonds. The topological polar surface area (TPSA) is 75.6 Å². The zero-order valence-electron chi connectivity index (χ0n) is 13.7. The summed E-state index contributed by atoms with van der Waals surface area (Å²) in [5.41, 5.74) is -0.0879. The number of methoxy groups -OCH3 is 1. The van der Waals surface area contributed by atoms with E-state index in [9.17, 15) is 9.90 Å². The van der Waals surface area contributed by atoms with Gasteiger partial charge in [-0.2, -0.15) is 0 Å². The lowest BCUT2D eigenvalue weighted by Crippen LogP contribution is -2.41. The normalized spacial score (nSPS) is 18.1. The highest BCUT2D eigenvalue weighted by atomic mass is 16.5. The van der Waals surface area contributed by atoms with E-state index in [4.69, 9.17) is 0 Å². The summed E-state index contributed by atoms with van der Waals surface area (Å²) < 4.78 is 4.61. The van der Waals surface area contributed by atoms with Crippen LogP contribution in [0, 0.1) is 5.92 Å². The zero-order valence-corrected chi connectivity index (χ0v) is 13.7. The third-order valence-corrected chi connectivity index (χ3v) is 4.06. The molecule has 1 fully saturated rings. The molecular weight excluding hydrogens is 282 g/mol. The van der Waals surface area contributed by atoms with Gasteiger partial charge in [0.15, 0.2) is 6.10 Å². The Balaban J connectivity index is 2.02. The van der Waals surface area contributed by atoms with Gasteiger partial charge in [0.2, 0.25) is 0 Å². The van der Waals surface area contributed by atoms with Crippen molar-refractivity contribution in [2.75, 3.05) is 25.1 Å². The molecule has 0 aromatic carbocycles. The second kappa shape index (κ2) is 6.60. The lowest BCUT2D eigenvalue weighted by molar-refractivity contribution is -0.153. The molecule has 1 atom stereocenters. The Morgan fingerprint density at radius 3 is 2.59 bits per heavy atom. The molecule has 0 bridgehead atoms. The van der Waals surface area contributed by atoms with Crippen molar-refractivity contribution in [2.24, 2.45) is 5.92 Å². The van der Waals surface area contributed by atoms with Gasteiger partial charge in [0.25, 0.3) is 0 Å². The smallest absolute Gasteiger partial charge is 0.334 e. The van der Waals surface area contributed by atoms with Gasteiger partial charge in [-0.05, 0) is 24.8 Å². The first-order valence-corrected chi connectivity index (χ1v) is 7.67. The summed E-state index contributed by atoms with van der Waals surface area (Å²) in [5.74, 6) is 1.13. The van der Waals surface area contributed by atoms with Crippen molar-refractivity contribution in [2.45, 2.75) is 45.1 Å². The molecule has 1 saturated heterocycles. The minimum Gasteiger partial charge on any atom is -0.467 e. The third-order valence-electron chi connectivity index (χ3n) is 4.06. The van der Waals surface area contributed by atoms with Crippen molar-refractivity contribution in [3.63, 3.8) is 0 Å². The first kappa shape index (κ1) is 16.7. The number of carbonyl (C=O) groups is 1. The zero-order chi connectivity index (χ0) is 16.3. The van der Waals surface area contributed by atoms with Crippen LogP contribution in [0.4, 0.5) is 5.82 Å². The third kappa shape index (κ3) is 3.74.